The molecular weight excluding hydrogens is 498 g/mol. The van der Waals surface area contributed by atoms with Gasteiger partial charge in [-0.05, 0) is 30.4 Å². The maximum Gasteiger partial charge on any atom is 0.271 e. The zero-order valence-electron chi connectivity index (χ0n) is 15.1. The number of thiocarbonyl (C=S) groups is 1. The number of hydrogen-bond acceptors (Lipinski definition) is 5. The Kier molecular flexibility index (Phi) is 8.34. The van der Waals surface area contributed by atoms with Gasteiger partial charge in [0, 0.05) is 12.1 Å². The van der Waals surface area contributed by atoms with E-state index in [0.29, 0.717) is 0 Å². The van der Waals surface area contributed by atoms with Crippen LogP contribution < -0.4 is 20.7 Å². The van der Waals surface area contributed by atoms with E-state index in [9.17, 15) is 14.9 Å². The predicted octanol–water partition coefficient (Wildman–Crippen LogP) is 4.67. The molecule has 2 rings (SSSR count). The van der Waals surface area contributed by atoms with E-state index < -0.39 is 20.8 Å². The Hall–Kier alpha value is -2.04. The summed E-state index contributed by atoms with van der Waals surface area (Å²) in [6.45, 7) is 0. The Labute approximate surface area is 196 Å². The molecule has 0 radical (unpaired) electrons. The Morgan fingerprint density at radius 3 is 2.43 bits per heavy atom. The third-order valence-electron chi connectivity index (χ3n) is 3.64. The second-order valence-electron chi connectivity index (χ2n) is 5.67. The van der Waals surface area contributed by atoms with Crippen molar-refractivity contribution in [3.8, 4) is 5.75 Å². The summed E-state index contributed by atoms with van der Waals surface area (Å²) in [5, 5.41) is 19.0. The van der Waals surface area contributed by atoms with Crippen LogP contribution in [0.3, 0.4) is 0 Å². The number of alkyl halides is 3. The minimum Gasteiger partial charge on any atom is -0.495 e. The normalized spacial score (nSPS) is 11.9. The first-order valence-electron chi connectivity index (χ1n) is 8.05. The van der Waals surface area contributed by atoms with Crippen LogP contribution in [0.5, 0.6) is 5.75 Å². The number of anilines is 1. The van der Waals surface area contributed by atoms with Crippen LogP contribution in [-0.4, -0.2) is 33.0 Å². The Bertz CT molecular complexity index is 971. The second-order valence-corrected chi connectivity index (χ2v) is 8.85. The third-order valence-corrected chi connectivity index (χ3v) is 4.84. The number of halogens is 4. The van der Waals surface area contributed by atoms with Gasteiger partial charge in [-0.15, -0.1) is 0 Å². The van der Waals surface area contributed by atoms with E-state index in [1.165, 1.54) is 37.4 Å². The van der Waals surface area contributed by atoms with E-state index in [0.717, 1.165) is 0 Å². The van der Waals surface area contributed by atoms with Crippen LogP contribution in [0.2, 0.25) is 5.02 Å². The molecule has 160 valence electrons. The van der Waals surface area contributed by atoms with E-state index in [-0.39, 0.29) is 32.8 Å². The van der Waals surface area contributed by atoms with Crippen LogP contribution >= 0.6 is 58.6 Å². The molecule has 1 unspecified atom stereocenters. The summed E-state index contributed by atoms with van der Waals surface area (Å²) in [5.74, 6) is -0.324. The minimum absolute atomic E-state index is 0.0930. The van der Waals surface area contributed by atoms with Gasteiger partial charge in [0.05, 0.1) is 28.3 Å². The van der Waals surface area contributed by atoms with Crippen molar-refractivity contribution in [3.05, 3.63) is 63.2 Å². The average molecular weight is 512 g/mol. The van der Waals surface area contributed by atoms with Crippen molar-refractivity contribution in [2.75, 3.05) is 12.4 Å². The summed E-state index contributed by atoms with van der Waals surface area (Å²) >= 11 is 29.1. The summed E-state index contributed by atoms with van der Waals surface area (Å²) in [5.41, 5.74) is 0.176. The SMILES string of the molecule is COc1ccc([N+](=O)[O-])cc1NC(=S)NC(NC(=O)c1ccccc1Cl)C(Cl)(Cl)Cl. The first-order valence-corrected chi connectivity index (χ1v) is 9.97. The third kappa shape index (κ3) is 6.48. The highest BCUT2D eigenvalue weighted by Gasteiger charge is 2.35. The van der Waals surface area contributed by atoms with Crippen LogP contribution in [0.1, 0.15) is 10.4 Å². The molecule has 0 aliphatic heterocycles. The van der Waals surface area contributed by atoms with E-state index in [2.05, 4.69) is 16.0 Å². The molecule has 1 atom stereocenters. The molecule has 13 heteroatoms. The Balaban J connectivity index is 2.19. The van der Waals surface area contributed by atoms with Crippen molar-refractivity contribution in [3.63, 3.8) is 0 Å². The number of hydrogen-bond donors (Lipinski definition) is 3. The minimum atomic E-state index is -2.00. The van der Waals surface area contributed by atoms with Crippen molar-refractivity contribution < 1.29 is 14.5 Å². The number of non-ortho nitro benzene ring substituents is 1. The number of ether oxygens (including phenoxy) is 1. The first-order chi connectivity index (χ1) is 14.0. The summed E-state index contributed by atoms with van der Waals surface area (Å²) in [6, 6.07) is 10.2. The summed E-state index contributed by atoms with van der Waals surface area (Å²) in [7, 11) is 1.39. The van der Waals surface area contributed by atoms with Crippen LogP contribution in [0.4, 0.5) is 11.4 Å². The highest BCUT2D eigenvalue weighted by Crippen LogP contribution is 2.31. The number of nitrogens with one attached hydrogen (secondary N) is 3. The molecule has 0 aromatic heterocycles. The fourth-order valence-electron chi connectivity index (χ4n) is 2.25. The molecule has 1 amide bonds. The lowest BCUT2D eigenvalue weighted by atomic mass is 10.2. The van der Waals surface area contributed by atoms with Crippen molar-refractivity contribution in [2.24, 2.45) is 0 Å². The predicted molar refractivity (Wildman–Crippen MR) is 122 cm³/mol. The van der Waals surface area contributed by atoms with Crippen LogP contribution in [-0.2, 0) is 0 Å². The number of carbonyl (C=O) groups excluding carboxylic acids is 1. The van der Waals surface area contributed by atoms with Gasteiger partial charge in [-0.1, -0.05) is 58.5 Å². The quantitative estimate of drug-likeness (QED) is 0.170. The van der Waals surface area contributed by atoms with Crippen molar-refractivity contribution in [2.45, 2.75) is 9.96 Å². The molecule has 8 nitrogen and oxygen atoms in total. The molecule has 0 aliphatic rings. The van der Waals surface area contributed by atoms with Gasteiger partial charge in [0.25, 0.3) is 11.6 Å². The maximum atomic E-state index is 12.5. The zero-order chi connectivity index (χ0) is 22.5. The van der Waals surface area contributed by atoms with E-state index in [4.69, 9.17) is 63.4 Å². The molecule has 0 saturated heterocycles. The number of nitro groups is 1. The lowest BCUT2D eigenvalue weighted by molar-refractivity contribution is -0.384. The highest BCUT2D eigenvalue weighted by atomic mass is 35.6. The molecule has 0 spiro atoms. The summed E-state index contributed by atoms with van der Waals surface area (Å²) in [4.78, 5) is 22.9. The molecular formula is C17H14Cl4N4O4S. The van der Waals surface area contributed by atoms with Crippen LogP contribution in [0, 0.1) is 10.1 Å². The molecule has 0 aliphatic carbocycles. The highest BCUT2D eigenvalue weighted by molar-refractivity contribution is 7.80. The van der Waals surface area contributed by atoms with Gasteiger partial charge < -0.3 is 20.7 Å². The van der Waals surface area contributed by atoms with Gasteiger partial charge in [0.15, 0.2) is 5.11 Å². The number of methoxy groups -OCH3 is 1. The van der Waals surface area contributed by atoms with Gasteiger partial charge in [0.2, 0.25) is 3.79 Å². The standard InChI is InChI=1S/C17H14Cl4N4O4S/c1-29-13-7-6-9(25(27)28)8-12(13)22-16(30)24-15(17(19,20)21)23-14(26)10-4-2-3-5-11(10)18/h2-8,15H,1H3,(H,23,26)(H2,22,24,30). The second kappa shape index (κ2) is 10.3. The monoisotopic (exact) mass is 510 g/mol. The number of nitrogens with zero attached hydrogens (tertiary/aromatic N) is 1. The van der Waals surface area contributed by atoms with Crippen molar-refractivity contribution in [1.29, 1.82) is 0 Å². The number of benzene rings is 2. The van der Waals surface area contributed by atoms with Crippen LogP contribution in [0.15, 0.2) is 42.5 Å². The number of carbonyl (C=O) groups is 1. The van der Waals surface area contributed by atoms with Gasteiger partial charge in [-0.2, -0.15) is 0 Å². The molecule has 2 aromatic rings. The van der Waals surface area contributed by atoms with Crippen molar-refractivity contribution >= 4 is 81.0 Å². The van der Waals surface area contributed by atoms with Crippen molar-refractivity contribution in [1.82, 2.24) is 10.6 Å². The van der Waals surface area contributed by atoms with Gasteiger partial charge >= 0.3 is 0 Å². The molecule has 2 aromatic carbocycles. The largest absolute Gasteiger partial charge is 0.495 e. The Morgan fingerprint density at radius 1 is 1.20 bits per heavy atom. The lowest BCUT2D eigenvalue weighted by Crippen LogP contribution is -2.56. The molecule has 30 heavy (non-hydrogen) atoms. The number of rotatable bonds is 6. The summed E-state index contributed by atoms with van der Waals surface area (Å²) < 4.78 is 3.15. The van der Waals surface area contributed by atoms with Crippen LogP contribution in [0.25, 0.3) is 0 Å². The average Bonchev–Trinajstić information content (AvgIpc) is 2.66. The van der Waals surface area contributed by atoms with Gasteiger partial charge in [-0.25, -0.2) is 0 Å². The topological polar surface area (TPSA) is 106 Å². The first kappa shape index (κ1) is 24.2. The van der Waals surface area contributed by atoms with E-state index in [1.54, 1.807) is 12.1 Å². The smallest absolute Gasteiger partial charge is 0.271 e. The molecule has 3 N–H and O–H groups in total. The number of nitro benzene ring substituents is 1. The zero-order valence-corrected chi connectivity index (χ0v) is 19.0. The molecule has 0 fully saturated rings. The van der Waals surface area contributed by atoms with Gasteiger partial charge in [0.1, 0.15) is 11.9 Å². The van der Waals surface area contributed by atoms with Gasteiger partial charge in [-0.3, -0.25) is 14.9 Å². The fourth-order valence-corrected chi connectivity index (χ4v) is 3.03. The van der Waals surface area contributed by atoms with E-state index in [1.807, 2.05) is 0 Å². The molecule has 0 heterocycles. The number of amides is 1. The fraction of sp³-hybridized carbons (Fsp3) is 0.176. The summed E-state index contributed by atoms with van der Waals surface area (Å²) in [6.07, 6.45) is -1.27. The Morgan fingerprint density at radius 2 is 1.87 bits per heavy atom. The maximum absolute atomic E-state index is 12.5. The van der Waals surface area contributed by atoms with E-state index >= 15 is 0 Å². The molecule has 0 bridgehead atoms. The molecule has 0 saturated carbocycles. The lowest BCUT2D eigenvalue weighted by Gasteiger charge is -2.28.